The molecule has 0 spiro atoms. The number of ether oxygens (including phenoxy) is 2. The Balaban J connectivity index is 1.59. The lowest BCUT2D eigenvalue weighted by Gasteiger charge is -2.35. The van der Waals surface area contributed by atoms with Crippen molar-refractivity contribution in [3.8, 4) is 11.5 Å². The van der Waals surface area contributed by atoms with Gasteiger partial charge in [0.05, 0.1) is 7.11 Å². The van der Waals surface area contributed by atoms with Crippen molar-refractivity contribution in [2.75, 3.05) is 46.9 Å². The lowest BCUT2D eigenvalue weighted by atomic mass is 10.1. The summed E-state index contributed by atoms with van der Waals surface area (Å²) in [6.07, 6.45) is 0. The van der Waals surface area contributed by atoms with Gasteiger partial charge in [-0.05, 0) is 36.4 Å². The first-order chi connectivity index (χ1) is 14.9. The highest BCUT2D eigenvalue weighted by Crippen LogP contribution is 2.29. The van der Waals surface area contributed by atoms with Gasteiger partial charge >= 0.3 is 0 Å². The average molecular weight is 494 g/mol. The van der Waals surface area contributed by atoms with Gasteiger partial charge < -0.3 is 19.7 Å². The molecule has 2 amide bonds. The number of piperazine rings is 1. The van der Waals surface area contributed by atoms with E-state index in [2.05, 4.69) is 26.1 Å². The van der Waals surface area contributed by atoms with Gasteiger partial charge in [-0.1, -0.05) is 15.9 Å². The Hall–Kier alpha value is -2.65. The second kappa shape index (κ2) is 10.6. The summed E-state index contributed by atoms with van der Waals surface area (Å²) in [5.41, 5.74) is 1.11. The maximum atomic E-state index is 14.0. The zero-order chi connectivity index (χ0) is 22.4. The molecule has 166 valence electrons. The minimum absolute atomic E-state index is 0.107. The average Bonchev–Trinajstić information content (AvgIpc) is 2.79. The summed E-state index contributed by atoms with van der Waals surface area (Å²) in [4.78, 5) is 28.2. The zero-order valence-electron chi connectivity index (χ0n) is 17.5. The Morgan fingerprint density at radius 2 is 1.84 bits per heavy atom. The summed E-state index contributed by atoms with van der Waals surface area (Å²) in [6, 6.07) is 9.82. The van der Waals surface area contributed by atoms with Crippen molar-refractivity contribution in [1.82, 2.24) is 15.1 Å². The molecular weight excluding hydrogens is 469 g/mol. The number of rotatable bonds is 7. The molecule has 1 aliphatic heterocycles. The molecule has 0 aromatic heterocycles. The van der Waals surface area contributed by atoms with Crippen LogP contribution in [0.3, 0.4) is 0 Å². The largest absolute Gasteiger partial charge is 0.493 e. The summed E-state index contributed by atoms with van der Waals surface area (Å²) in [5.74, 6) is 0.182. The van der Waals surface area contributed by atoms with Gasteiger partial charge in [0, 0.05) is 55.4 Å². The highest BCUT2D eigenvalue weighted by atomic mass is 79.9. The summed E-state index contributed by atoms with van der Waals surface area (Å²) < 4.78 is 25.6. The molecule has 1 saturated heterocycles. The predicted molar refractivity (Wildman–Crippen MR) is 118 cm³/mol. The van der Waals surface area contributed by atoms with Crippen molar-refractivity contribution in [2.24, 2.45) is 0 Å². The quantitative estimate of drug-likeness (QED) is 0.641. The summed E-state index contributed by atoms with van der Waals surface area (Å²) in [7, 11) is 3.01. The highest BCUT2D eigenvalue weighted by molar-refractivity contribution is 9.10. The molecule has 0 saturated carbocycles. The standard InChI is InChI=1S/C22H25BrFN3O4/c1-25-21(28)14-31-19-6-3-15(12-20(19)30-2)22(29)27-9-7-26(8-10-27)13-16-11-17(23)4-5-18(16)24/h3-6,11-12H,7-10,13-14H2,1-2H3,(H,25,28). The van der Waals surface area contributed by atoms with Crippen LogP contribution < -0.4 is 14.8 Å². The maximum Gasteiger partial charge on any atom is 0.257 e. The first-order valence-electron chi connectivity index (χ1n) is 9.88. The lowest BCUT2D eigenvalue weighted by molar-refractivity contribution is -0.122. The van der Waals surface area contributed by atoms with Crippen LogP contribution in [0.25, 0.3) is 0 Å². The molecule has 0 aliphatic carbocycles. The van der Waals surface area contributed by atoms with Gasteiger partial charge in [0.2, 0.25) is 0 Å². The van der Waals surface area contributed by atoms with E-state index in [1.807, 2.05) is 0 Å². The van der Waals surface area contributed by atoms with Gasteiger partial charge in [-0.3, -0.25) is 14.5 Å². The van der Waals surface area contributed by atoms with Crippen molar-refractivity contribution in [3.05, 3.63) is 57.8 Å². The molecule has 0 atom stereocenters. The fraction of sp³-hybridized carbons (Fsp3) is 0.364. The molecule has 3 rings (SSSR count). The van der Waals surface area contributed by atoms with E-state index in [0.29, 0.717) is 55.3 Å². The number of likely N-dealkylation sites (N-methyl/N-ethyl adjacent to an activating group) is 1. The number of hydrogen-bond donors (Lipinski definition) is 1. The van der Waals surface area contributed by atoms with Gasteiger partial charge in [-0.15, -0.1) is 0 Å². The number of nitrogens with zero attached hydrogens (tertiary/aromatic N) is 2. The topological polar surface area (TPSA) is 71.1 Å². The fourth-order valence-corrected chi connectivity index (χ4v) is 3.74. The molecule has 1 N–H and O–H groups in total. The number of halogens is 2. The van der Waals surface area contributed by atoms with Crippen LogP contribution in [-0.2, 0) is 11.3 Å². The monoisotopic (exact) mass is 493 g/mol. The van der Waals surface area contributed by atoms with E-state index in [9.17, 15) is 14.0 Å². The first kappa shape index (κ1) is 23.0. The van der Waals surface area contributed by atoms with Crippen LogP contribution in [0.2, 0.25) is 0 Å². The number of nitrogens with one attached hydrogen (secondary N) is 1. The third kappa shape index (κ3) is 5.95. The number of benzene rings is 2. The molecular formula is C22H25BrFN3O4. The minimum Gasteiger partial charge on any atom is -0.493 e. The third-order valence-electron chi connectivity index (χ3n) is 5.11. The molecule has 1 heterocycles. The van der Waals surface area contributed by atoms with E-state index >= 15 is 0 Å². The van der Waals surface area contributed by atoms with Crippen LogP contribution in [0.1, 0.15) is 15.9 Å². The minimum atomic E-state index is -0.261. The first-order valence-corrected chi connectivity index (χ1v) is 10.7. The Bertz CT molecular complexity index is 948. The predicted octanol–water partition coefficient (Wildman–Crippen LogP) is 2.68. The molecule has 7 nitrogen and oxygen atoms in total. The van der Waals surface area contributed by atoms with Gasteiger partial charge in [0.15, 0.2) is 18.1 Å². The smallest absolute Gasteiger partial charge is 0.257 e. The molecule has 0 unspecified atom stereocenters. The van der Waals surface area contributed by atoms with Crippen LogP contribution in [0.4, 0.5) is 4.39 Å². The van der Waals surface area contributed by atoms with E-state index in [1.54, 1.807) is 35.2 Å². The summed E-state index contributed by atoms with van der Waals surface area (Å²) in [5, 5.41) is 2.48. The SMILES string of the molecule is CNC(=O)COc1ccc(C(=O)N2CCN(Cc3cc(Br)ccc3F)CC2)cc1OC. The number of carbonyl (C=O) groups is 2. The van der Waals surface area contributed by atoms with E-state index < -0.39 is 0 Å². The normalized spacial score (nSPS) is 14.3. The molecule has 1 aliphatic rings. The lowest BCUT2D eigenvalue weighted by Crippen LogP contribution is -2.48. The Labute approximate surface area is 189 Å². The fourth-order valence-electron chi connectivity index (χ4n) is 3.33. The van der Waals surface area contributed by atoms with Crippen LogP contribution >= 0.6 is 15.9 Å². The maximum absolute atomic E-state index is 14.0. The zero-order valence-corrected chi connectivity index (χ0v) is 19.1. The van der Waals surface area contributed by atoms with Crippen molar-refractivity contribution >= 4 is 27.7 Å². The molecule has 0 radical (unpaired) electrons. The van der Waals surface area contributed by atoms with Gasteiger partial charge in [0.25, 0.3) is 11.8 Å². The highest BCUT2D eigenvalue weighted by Gasteiger charge is 2.24. The van der Waals surface area contributed by atoms with Crippen molar-refractivity contribution in [3.63, 3.8) is 0 Å². The molecule has 1 fully saturated rings. The molecule has 31 heavy (non-hydrogen) atoms. The van der Waals surface area contributed by atoms with Crippen molar-refractivity contribution in [1.29, 1.82) is 0 Å². The van der Waals surface area contributed by atoms with E-state index in [-0.39, 0.29) is 24.2 Å². The third-order valence-corrected chi connectivity index (χ3v) is 5.60. The van der Waals surface area contributed by atoms with Gasteiger partial charge in [-0.25, -0.2) is 4.39 Å². The van der Waals surface area contributed by atoms with Crippen LogP contribution in [0, 0.1) is 5.82 Å². The number of hydrogen-bond acceptors (Lipinski definition) is 5. The van der Waals surface area contributed by atoms with Crippen LogP contribution in [-0.4, -0.2) is 68.6 Å². The summed E-state index contributed by atoms with van der Waals surface area (Å²) >= 11 is 3.38. The van der Waals surface area contributed by atoms with Gasteiger partial charge in [-0.2, -0.15) is 0 Å². The Morgan fingerprint density at radius 1 is 1.10 bits per heavy atom. The Morgan fingerprint density at radius 3 is 2.52 bits per heavy atom. The molecule has 9 heteroatoms. The number of amides is 2. The number of carbonyl (C=O) groups excluding carboxylic acids is 2. The Kier molecular flexibility index (Phi) is 7.86. The van der Waals surface area contributed by atoms with Crippen molar-refractivity contribution in [2.45, 2.75) is 6.54 Å². The number of methoxy groups -OCH3 is 1. The van der Waals surface area contributed by atoms with Crippen LogP contribution in [0.5, 0.6) is 11.5 Å². The van der Waals surface area contributed by atoms with E-state index in [0.717, 1.165) is 4.47 Å². The summed E-state index contributed by atoms with van der Waals surface area (Å²) in [6.45, 7) is 2.76. The van der Waals surface area contributed by atoms with E-state index in [1.165, 1.54) is 20.2 Å². The molecule has 2 aromatic carbocycles. The molecule has 2 aromatic rings. The van der Waals surface area contributed by atoms with Gasteiger partial charge in [0.1, 0.15) is 5.82 Å². The second-order valence-corrected chi connectivity index (χ2v) is 8.05. The van der Waals surface area contributed by atoms with E-state index in [4.69, 9.17) is 9.47 Å². The van der Waals surface area contributed by atoms with Crippen molar-refractivity contribution < 1.29 is 23.5 Å². The van der Waals surface area contributed by atoms with Crippen LogP contribution in [0.15, 0.2) is 40.9 Å². The molecule has 0 bridgehead atoms. The second-order valence-electron chi connectivity index (χ2n) is 7.13.